The Kier molecular flexibility index (Phi) is 2.66. The molecule has 1 fully saturated rings. The van der Waals surface area contributed by atoms with Crippen LogP contribution in [0.4, 0.5) is 11.6 Å². The van der Waals surface area contributed by atoms with Gasteiger partial charge in [-0.1, -0.05) is 0 Å². The highest BCUT2D eigenvalue weighted by molar-refractivity contribution is 5.78. The van der Waals surface area contributed by atoms with E-state index < -0.39 is 0 Å². The molecule has 1 aliphatic heterocycles. The summed E-state index contributed by atoms with van der Waals surface area (Å²) in [6, 6.07) is 0.166. The first-order chi connectivity index (χ1) is 7.25. The molecule has 0 aromatic carbocycles. The number of carbonyl (C=O) groups is 1. The van der Waals surface area contributed by atoms with Gasteiger partial charge in [0.1, 0.15) is 0 Å². The quantitative estimate of drug-likeness (QED) is 0.635. The van der Waals surface area contributed by atoms with Crippen LogP contribution in [0.1, 0.15) is 12.8 Å². The number of carbonyl (C=O) groups excluding carboxylic acids is 1. The lowest BCUT2D eigenvalue weighted by molar-refractivity contribution is -0.119. The van der Waals surface area contributed by atoms with E-state index in [9.17, 15) is 4.79 Å². The van der Waals surface area contributed by atoms with E-state index in [1.54, 1.807) is 6.20 Å². The first-order valence-corrected chi connectivity index (χ1v) is 4.85. The summed E-state index contributed by atoms with van der Waals surface area (Å²) in [5.41, 5.74) is 5.61. The second-order valence-electron chi connectivity index (χ2n) is 3.47. The fraction of sp³-hybridized carbons (Fsp3) is 0.444. The van der Waals surface area contributed by atoms with Crippen LogP contribution >= 0.6 is 0 Å². The molecule has 0 spiro atoms. The smallest absolute Gasteiger partial charge is 0.220 e. The Morgan fingerprint density at radius 3 is 3.00 bits per heavy atom. The predicted octanol–water partition coefficient (Wildman–Crippen LogP) is -0.251. The predicted molar refractivity (Wildman–Crippen MR) is 56.1 cm³/mol. The molecule has 1 aromatic rings. The maximum atomic E-state index is 10.9. The van der Waals surface area contributed by atoms with Gasteiger partial charge >= 0.3 is 0 Å². The van der Waals surface area contributed by atoms with Crippen LogP contribution in [-0.2, 0) is 4.79 Å². The van der Waals surface area contributed by atoms with Crippen LogP contribution in [0.25, 0.3) is 0 Å². The molecule has 1 saturated heterocycles. The van der Waals surface area contributed by atoms with Gasteiger partial charge in [0, 0.05) is 31.4 Å². The lowest BCUT2D eigenvalue weighted by atomic mass is 10.2. The second-order valence-corrected chi connectivity index (χ2v) is 3.47. The number of anilines is 2. The van der Waals surface area contributed by atoms with Gasteiger partial charge in [-0.05, 0) is 6.42 Å². The van der Waals surface area contributed by atoms with Gasteiger partial charge < -0.3 is 16.4 Å². The first-order valence-electron chi connectivity index (χ1n) is 4.85. The molecular weight excluding hydrogens is 194 g/mol. The molecule has 1 unspecified atom stereocenters. The molecule has 15 heavy (non-hydrogen) atoms. The number of hydrogen-bond acceptors (Lipinski definition) is 5. The van der Waals surface area contributed by atoms with E-state index in [-0.39, 0.29) is 11.9 Å². The zero-order valence-electron chi connectivity index (χ0n) is 8.23. The molecule has 6 heteroatoms. The number of nitrogens with zero attached hydrogens (tertiary/aromatic N) is 2. The van der Waals surface area contributed by atoms with E-state index in [2.05, 4.69) is 20.6 Å². The van der Waals surface area contributed by atoms with Gasteiger partial charge in [0.2, 0.25) is 5.91 Å². The van der Waals surface area contributed by atoms with Crippen molar-refractivity contribution >= 4 is 17.5 Å². The number of nitrogens with two attached hydrogens (primary N) is 1. The van der Waals surface area contributed by atoms with Crippen molar-refractivity contribution in [1.82, 2.24) is 15.3 Å². The summed E-state index contributed by atoms with van der Waals surface area (Å²) in [6.07, 6.45) is 4.57. The van der Waals surface area contributed by atoms with Gasteiger partial charge in [0.25, 0.3) is 0 Å². The number of nitrogens with one attached hydrogen (secondary N) is 2. The third kappa shape index (κ3) is 2.34. The van der Waals surface area contributed by atoms with Crippen LogP contribution in [0, 0.1) is 0 Å². The van der Waals surface area contributed by atoms with Crippen molar-refractivity contribution in [3.63, 3.8) is 0 Å². The van der Waals surface area contributed by atoms with Gasteiger partial charge in [0.15, 0.2) is 11.6 Å². The van der Waals surface area contributed by atoms with E-state index in [1.807, 2.05) is 0 Å². The third-order valence-corrected chi connectivity index (χ3v) is 2.33. The minimum atomic E-state index is 0.105. The molecule has 0 bridgehead atoms. The van der Waals surface area contributed by atoms with Crippen molar-refractivity contribution in [3.05, 3.63) is 12.4 Å². The van der Waals surface area contributed by atoms with Gasteiger partial charge in [-0.25, -0.2) is 9.97 Å². The normalized spacial score (nSPS) is 20.0. The molecule has 80 valence electrons. The summed E-state index contributed by atoms with van der Waals surface area (Å²) in [7, 11) is 0. The van der Waals surface area contributed by atoms with E-state index in [0.29, 0.717) is 24.6 Å². The van der Waals surface area contributed by atoms with E-state index in [4.69, 9.17) is 5.73 Å². The Balaban J connectivity index is 1.88. The van der Waals surface area contributed by atoms with Crippen LogP contribution in [0.15, 0.2) is 12.4 Å². The van der Waals surface area contributed by atoms with Crippen molar-refractivity contribution in [3.8, 4) is 0 Å². The third-order valence-electron chi connectivity index (χ3n) is 2.33. The molecule has 4 N–H and O–H groups in total. The lowest BCUT2D eigenvalue weighted by Gasteiger charge is -2.12. The standard InChI is InChI=1S/C9H13N5O/c10-8-9(12-4-3-11-8)13-5-6-1-2-7(15)14-6/h3-4,6H,1-2,5H2,(H2,10,11)(H,12,13)(H,14,15). The van der Waals surface area contributed by atoms with Crippen molar-refractivity contribution in [2.24, 2.45) is 0 Å². The Morgan fingerprint density at radius 1 is 1.53 bits per heavy atom. The summed E-state index contributed by atoms with van der Waals surface area (Å²) >= 11 is 0. The summed E-state index contributed by atoms with van der Waals surface area (Å²) < 4.78 is 0. The van der Waals surface area contributed by atoms with Crippen molar-refractivity contribution in [2.75, 3.05) is 17.6 Å². The number of hydrogen-bond donors (Lipinski definition) is 3. The van der Waals surface area contributed by atoms with Gasteiger partial charge in [0.05, 0.1) is 0 Å². The van der Waals surface area contributed by atoms with Gasteiger partial charge in [-0.3, -0.25) is 4.79 Å². The highest BCUT2D eigenvalue weighted by Gasteiger charge is 2.20. The molecule has 0 radical (unpaired) electrons. The average molecular weight is 207 g/mol. The molecule has 2 rings (SSSR count). The molecular formula is C9H13N5O. The van der Waals surface area contributed by atoms with Crippen molar-refractivity contribution in [2.45, 2.75) is 18.9 Å². The first kappa shape index (κ1) is 9.70. The fourth-order valence-electron chi connectivity index (χ4n) is 1.54. The van der Waals surface area contributed by atoms with E-state index in [0.717, 1.165) is 6.42 Å². The molecule has 0 saturated carbocycles. The highest BCUT2D eigenvalue weighted by atomic mass is 16.1. The lowest BCUT2D eigenvalue weighted by Crippen LogP contribution is -2.32. The maximum absolute atomic E-state index is 10.9. The minimum Gasteiger partial charge on any atom is -0.381 e. The highest BCUT2D eigenvalue weighted by Crippen LogP contribution is 2.11. The van der Waals surface area contributed by atoms with Crippen LogP contribution in [0.5, 0.6) is 0 Å². The number of nitrogen functional groups attached to an aromatic ring is 1. The zero-order valence-corrected chi connectivity index (χ0v) is 8.23. The summed E-state index contributed by atoms with van der Waals surface area (Å²) in [6.45, 7) is 0.634. The summed E-state index contributed by atoms with van der Waals surface area (Å²) in [4.78, 5) is 18.9. The van der Waals surface area contributed by atoms with Crippen molar-refractivity contribution < 1.29 is 4.79 Å². The zero-order chi connectivity index (χ0) is 10.7. The van der Waals surface area contributed by atoms with Gasteiger partial charge in [-0.15, -0.1) is 0 Å². The SMILES string of the molecule is Nc1nccnc1NCC1CCC(=O)N1. The molecule has 0 aliphatic carbocycles. The Morgan fingerprint density at radius 2 is 2.33 bits per heavy atom. The maximum Gasteiger partial charge on any atom is 0.220 e. The fourth-order valence-corrected chi connectivity index (χ4v) is 1.54. The molecule has 2 heterocycles. The molecule has 1 aliphatic rings. The van der Waals surface area contributed by atoms with Crippen LogP contribution in [0.2, 0.25) is 0 Å². The van der Waals surface area contributed by atoms with Crippen LogP contribution in [-0.4, -0.2) is 28.5 Å². The monoisotopic (exact) mass is 207 g/mol. The largest absolute Gasteiger partial charge is 0.381 e. The Labute approximate surface area is 87.3 Å². The Bertz CT molecular complexity index is 367. The number of amides is 1. The Hall–Kier alpha value is -1.85. The number of aromatic nitrogens is 2. The molecule has 1 aromatic heterocycles. The van der Waals surface area contributed by atoms with E-state index in [1.165, 1.54) is 6.20 Å². The van der Waals surface area contributed by atoms with Crippen LogP contribution in [0.3, 0.4) is 0 Å². The van der Waals surface area contributed by atoms with Crippen molar-refractivity contribution in [1.29, 1.82) is 0 Å². The second kappa shape index (κ2) is 4.12. The molecule has 1 amide bonds. The molecule has 6 nitrogen and oxygen atoms in total. The van der Waals surface area contributed by atoms with E-state index >= 15 is 0 Å². The summed E-state index contributed by atoms with van der Waals surface area (Å²) in [5, 5.41) is 5.92. The van der Waals surface area contributed by atoms with Gasteiger partial charge in [-0.2, -0.15) is 0 Å². The summed E-state index contributed by atoms with van der Waals surface area (Å²) in [5.74, 6) is 1.05. The van der Waals surface area contributed by atoms with Crippen LogP contribution < -0.4 is 16.4 Å². The minimum absolute atomic E-state index is 0.105. The molecule has 1 atom stereocenters. The topological polar surface area (TPSA) is 92.9 Å². The average Bonchev–Trinajstić information content (AvgIpc) is 2.63. The number of rotatable bonds is 3.